The topological polar surface area (TPSA) is 52.7 Å². The van der Waals surface area contributed by atoms with Crippen LogP contribution in [0.1, 0.15) is 6.92 Å². The van der Waals surface area contributed by atoms with E-state index in [0.717, 1.165) is 10.2 Å². The summed E-state index contributed by atoms with van der Waals surface area (Å²) in [4.78, 5) is 27.6. The van der Waals surface area contributed by atoms with Gasteiger partial charge >= 0.3 is 0 Å². The molecule has 2 amide bonds. The van der Waals surface area contributed by atoms with Crippen LogP contribution in [0.3, 0.4) is 0 Å². The van der Waals surface area contributed by atoms with E-state index in [4.69, 9.17) is 0 Å². The van der Waals surface area contributed by atoms with Crippen molar-refractivity contribution in [2.24, 2.45) is 0 Å². The summed E-state index contributed by atoms with van der Waals surface area (Å²) in [6.45, 7) is 1.39. The molecule has 1 N–H and O–H groups in total. The number of carbonyl (C=O) groups excluding carboxylic acids is 2. The lowest BCUT2D eigenvalue weighted by Crippen LogP contribution is -2.36. The summed E-state index contributed by atoms with van der Waals surface area (Å²) in [6, 6.07) is 14.8. The minimum absolute atomic E-state index is 0.0482. The first-order valence-corrected chi connectivity index (χ1v) is 8.27. The Labute approximate surface area is 150 Å². The average Bonchev–Trinajstić information content (AvgIpc) is 2.53. The van der Waals surface area contributed by atoms with Gasteiger partial charge in [0.2, 0.25) is 11.8 Å². The smallest absolute Gasteiger partial charge is 0.244 e. The van der Waals surface area contributed by atoms with Crippen molar-refractivity contribution in [2.45, 2.75) is 6.92 Å². The quantitative estimate of drug-likeness (QED) is 0.850. The van der Waals surface area contributed by atoms with Crippen molar-refractivity contribution < 1.29 is 9.59 Å². The number of nitrogens with one attached hydrogen (secondary N) is 1. The fourth-order valence-electron chi connectivity index (χ4n) is 2.22. The molecule has 0 aliphatic heterocycles. The molecule has 2 aromatic carbocycles. The van der Waals surface area contributed by atoms with Gasteiger partial charge in [0.15, 0.2) is 0 Å². The molecular formula is C18H20BrN3O2. The highest BCUT2D eigenvalue weighted by atomic mass is 79.9. The van der Waals surface area contributed by atoms with Gasteiger partial charge in [0.1, 0.15) is 6.54 Å². The highest BCUT2D eigenvalue weighted by Crippen LogP contribution is 2.26. The lowest BCUT2D eigenvalue weighted by atomic mass is 10.2. The van der Waals surface area contributed by atoms with Gasteiger partial charge in [0, 0.05) is 36.9 Å². The third-order valence-corrected chi connectivity index (χ3v) is 4.16. The Kier molecular flexibility index (Phi) is 5.98. The SMILES string of the molecule is CC(=O)N(CC(=O)Nc1ccc(N(C)C)cc1)c1ccccc1Br. The molecule has 0 saturated carbocycles. The number of hydrogen-bond donors (Lipinski definition) is 1. The Balaban J connectivity index is 2.09. The summed E-state index contributed by atoms with van der Waals surface area (Å²) in [5, 5.41) is 2.82. The van der Waals surface area contributed by atoms with Crippen molar-refractivity contribution in [3.8, 4) is 0 Å². The van der Waals surface area contributed by atoms with Gasteiger partial charge in [-0.3, -0.25) is 9.59 Å². The number of anilines is 3. The normalized spacial score (nSPS) is 10.2. The minimum Gasteiger partial charge on any atom is -0.378 e. The molecular weight excluding hydrogens is 370 g/mol. The van der Waals surface area contributed by atoms with Gasteiger partial charge in [-0.05, 0) is 52.3 Å². The largest absolute Gasteiger partial charge is 0.378 e. The molecule has 0 radical (unpaired) electrons. The number of benzene rings is 2. The monoisotopic (exact) mass is 389 g/mol. The van der Waals surface area contributed by atoms with Crippen molar-refractivity contribution in [2.75, 3.05) is 35.8 Å². The number of nitrogens with zero attached hydrogens (tertiary/aromatic N) is 2. The van der Waals surface area contributed by atoms with Crippen LogP contribution in [0.5, 0.6) is 0 Å². The second-order valence-electron chi connectivity index (χ2n) is 5.55. The van der Waals surface area contributed by atoms with Gasteiger partial charge in [-0.1, -0.05) is 12.1 Å². The Hall–Kier alpha value is -2.34. The van der Waals surface area contributed by atoms with Gasteiger partial charge in [0.25, 0.3) is 0 Å². The first-order valence-electron chi connectivity index (χ1n) is 7.48. The molecule has 0 spiro atoms. The molecule has 0 bridgehead atoms. The summed E-state index contributed by atoms with van der Waals surface area (Å²) in [6.07, 6.45) is 0. The van der Waals surface area contributed by atoms with Crippen molar-refractivity contribution in [1.29, 1.82) is 0 Å². The molecule has 126 valence electrons. The molecule has 24 heavy (non-hydrogen) atoms. The van der Waals surface area contributed by atoms with E-state index in [9.17, 15) is 9.59 Å². The number of carbonyl (C=O) groups is 2. The molecule has 0 unspecified atom stereocenters. The van der Waals surface area contributed by atoms with Crippen molar-refractivity contribution in [1.82, 2.24) is 0 Å². The lowest BCUT2D eigenvalue weighted by Gasteiger charge is -2.22. The molecule has 2 rings (SSSR count). The van der Waals surface area contributed by atoms with E-state index >= 15 is 0 Å². The summed E-state index contributed by atoms with van der Waals surface area (Å²) in [5.74, 6) is -0.446. The zero-order valence-electron chi connectivity index (χ0n) is 13.9. The van der Waals surface area contributed by atoms with E-state index in [1.807, 2.05) is 61.5 Å². The number of halogens is 1. The minimum atomic E-state index is -0.251. The van der Waals surface area contributed by atoms with Crippen LogP contribution in [-0.2, 0) is 9.59 Å². The molecule has 0 aliphatic rings. The van der Waals surface area contributed by atoms with Gasteiger partial charge in [0.05, 0.1) is 5.69 Å². The maximum atomic E-state index is 12.3. The molecule has 5 nitrogen and oxygen atoms in total. The highest BCUT2D eigenvalue weighted by molar-refractivity contribution is 9.10. The standard InChI is InChI=1S/C18H20BrN3O2/c1-13(23)22(17-7-5-4-6-16(17)19)12-18(24)20-14-8-10-15(11-9-14)21(2)3/h4-11H,12H2,1-3H3,(H,20,24). The number of para-hydroxylation sites is 1. The van der Waals surface area contributed by atoms with Crippen molar-refractivity contribution in [3.63, 3.8) is 0 Å². The van der Waals surface area contributed by atoms with E-state index in [1.165, 1.54) is 11.8 Å². The van der Waals surface area contributed by atoms with Crippen LogP contribution >= 0.6 is 15.9 Å². The average molecular weight is 390 g/mol. The lowest BCUT2D eigenvalue weighted by molar-refractivity contribution is -0.120. The fraction of sp³-hybridized carbons (Fsp3) is 0.222. The van der Waals surface area contributed by atoms with E-state index in [1.54, 1.807) is 6.07 Å². The third kappa shape index (κ3) is 4.58. The first-order chi connectivity index (χ1) is 11.4. The maximum absolute atomic E-state index is 12.3. The Morgan fingerprint density at radius 1 is 1.04 bits per heavy atom. The Morgan fingerprint density at radius 2 is 1.67 bits per heavy atom. The second-order valence-corrected chi connectivity index (χ2v) is 6.40. The summed E-state index contributed by atoms with van der Waals surface area (Å²) in [7, 11) is 3.91. The van der Waals surface area contributed by atoms with E-state index < -0.39 is 0 Å². The maximum Gasteiger partial charge on any atom is 0.244 e. The molecule has 0 aromatic heterocycles. The number of amides is 2. The van der Waals surface area contributed by atoms with Crippen LogP contribution in [-0.4, -0.2) is 32.5 Å². The van der Waals surface area contributed by atoms with Crippen molar-refractivity contribution >= 4 is 44.8 Å². The molecule has 6 heteroatoms. The molecule has 2 aromatic rings. The van der Waals surface area contributed by atoms with Crippen LogP contribution in [0.2, 0.25) is 0 Å². The molecule has 0 heterocycles. The molecule has 0 saturated heterocycles. The summed E-state index contributed by atoms with van der Waals surface area (Å²) >= 11 is 3.41. The fourth-order valence-corrected chi connectivity index (χ4v) is 2.72. The van der Waals surface area contributed by atoms with Crippen molar-refractivity contribution in [3.05, 3.63) is 53.0 Å². The van der Waals surface area contributed by atoms with Crippen LogP contribution in [0, 0.1) is 0 Å². The Morgan fingerprint density at radius 3 is 2.21 bits per heavy atom. The van der Waals surface area contributed by atoms with E-state index in [2.05, 4.69) is 21.2 Å². The summed E-state index contributed by atoms with van der Waals surface area (Å²) < 4.78 is 0.767. The predicted molar refractivity (Wildman–Crippen MR) is 102 cm³/mol. The van der Waals surface area contributed by atoms with Gasteiger partial charge < -0.3 is 15.1 Å². The highest BCUT2D eigenvalue weighted by Gasteiger charge is 2.17. The second kappa shape index (κ2) is 7.97. The van der Waals surface area contributed by atoms with Gasteiger partial charge in [-0.25, -0.2) is 0 Å². The zero-order chi connectivity index (χ0) is 17.7. The molecule has 0 aliphatic carbocycles. The van der Waals surface area contributed by atoms with E-state index in [-0.39, 0.29) is 18.4 Å². The molecule has 0 fully saturated rings. The third-order valence-electron chi connectivity index (χ3n) is 3.49. The van der Waals surface area contributed by atoms with Crippen LogP contribution in [0.15, 0.2) is 53.0 Å². The Bertz CT molecular complexity index is 729. The van der Waals surface area contributed by atoms with E-state index in [0.29, 0.717) is 11.4 Å². The van der Waals surface area contributed by atoms with Crippen LogP contribution in [0.25, 0.3) is 0 Å². The molecule has 0 atom stereocenters. The number of hydrogen-bond acceptors (Lipinski definition) is 3. The zero-order valence-corrected chi connectivity index (χ0v) is 15.5. The van der Waals surface area contributed by atoms with Crippen LogP contribution in [0.4, 0.5) is 17.1 Å². The summed E-state index contributed by atoms with van der Waals surface area (Å²) in [5.41, 5.74) is 2.41. The van der Waals surface area contributed by atoms with Gasteiger partial charge in [-0.15, -0.1) is 0 Å². The first kappa shape index (κ1) is 18.0. The van der Waals surface area contributed by atoms with Gasteiger partial charge in [-0.2, -0.15) is 0 Å². The predicted octanol–water partition coefficient (Wildman–Crippen LogP) is 3.51. The number of rotatable bonds is 5. The van der Waals surface area contributed by atoms with Crippen LogP contribution < -0.4 is 15.1 Å².